The summed E-state index contributed by atoms with van der Waals surface area (Å²) in [6.07, 6.45) is 7.52. The van der Waals surface area contributed by atoms with E-state index in [-0.39, 0.29) is 5.92 Å². The van der Waals surface area contributed by atoms with Crippen molar-refractivity contribution in [2.24, 2.45) is 17.3 Å². The van der Waals surface area contributed by atoms with Crippen LogP contribution in [-0.2, 0) is 0 Å². The van der Waals surface area contributed by atoms with Crippen LogP contribution in [0.1, 0.15) is 59.3 Å². The molecule has 0 amide bonds. The number of rotatable bonds is 2. The van der Waals surface area contributed by atoms with E-state index in [1.807, 2.05) is 0 Å². The molecule has 102 valence electrons. The molecule has 0 spiro atoms. The van der Waals surface area contributed by atoms with Gasteiger partial charge in [-0.15, -0.1) is 0 Å². The maximum Gasteiger partial charge on any atom is 0.0672 e. The van der Waals surface area contributed by atoms with Gasteiger partial charge in [0, 0.05) is 6.04 Å². The van der Waals surface area contributed by atoms with Gasteiger partial charge in [0.25, 0.3) is 0 Å². The largest absolute Gasteiger partial charge is 0.299 e. The Bertz CT molecular complexity index is 310. The molecule has 1 heterocycles. The van der Waals surface area contributed by atoms with Crippen molar-refractivity contribution in [2.45, 2.75) is 65.3 Å². The second-order valence-electron chi connectivity index (χ2n) is 6.92. The van der Waals surface area contributed by atoms with Crippen molar-refractivity contribution in [1.82, 2.24) is 4.90 Å². The fourth-order valence-corrected chi connectivity index (χ4v) is 3.65. The molecule has 2 nitrogen and oxygen atoms in total. The average molecular weight is 248 g/mol. The Balaban J connectivity index is 1.97. The van der Waals surface area contributed by atoms with E-state index in [2.05, 4.69) is 31.7 Å². The molecular weight excluding hydrogens is 220 g/mol. The second kappa shape index (κ2) is 5.61. The van der Waals surface area contributed by atoms with Gasteiger partial charge in [-0.3, -0.25) is 4.90 Å². The van der Waals surface area contributed by atoms with E-state index in [1.165, 1.54) is 45.2 Å². The Morgan fingerprint density at radius 2 is 1.94 bits per heavy atom. The zero-order valence-electron chi connectivity index (χ0n) is 12.3. The summed E-state index contributed by atoms with van der Waals surface area (Å²) in [4.78, 5) is 2.63. The molecule has 2 rings (SSSR count). The lowest BCUT2D eigenvalue weighted by Crippen LogP contribution is -2.49. The lowest BCUT2D eigenvalue weighted by Gasteiger charge is -2.45. The van der Waals surface area contributed by atoms with E-state index >= 15 is 0 Å². The molecule has 3 atom stereocenters. The minimum Gasteiger partial charge on any atom is -0.299 e. The normalized spacial score (nSPS) is 37.1. The Kier molecular flexibility index (Phi) is 4.33. The van der Waals surface area contributed by atoms with Gasteiger partial charge in [-0.25, -0.2) is 0 Å². The fraction of sp³-hybridized carbons (Fsp3) is 0.938. The number of hydrogen-bond acceptors (Lipinski definition) is 2. The van der Waals surface area contributed by atoms with Crippen molar-refractivity contribution in [3.63, 3.8) is 0 Å². The minimum absolute atomic E-state index is 0.284. The van der Waals surface area contributed by atoms with E-state index in [0.29, 0.717) is 11.5 Å². The van der Waals surface area contributed by atoms with Gasteiger partial charge in [-0.05, 0) is 56.5 Å². The van der Waals surface area contributed by atoms with Crippen molar-refractivity contribution in [3.05, 3.63) is 0 Å². The molecule has 0 aromatic carbocycles. The first-order valence-electron chi connectivity index (χ1n) is 7.71. The highest BCUT2D eigenvalue weighted by atomic mass is 15.2. The number of nitriles is 1. The standard InChI is InChI=1S/C16H28N2/c1-4-16(3)7-9-18(10-8-16)15-11-13(2)5-6-14(15)12-17/h13-15H,4-11H2,1-3H3. The predicted octanol–water partition coefficient (Wildman–Crippen LogP) is 3.83. The van der Waals surface area contributed by atoms with E-state index in [0.717, 1.165) is 12.3 Å². The van der Waals surface area contributed by atoms with Gasteiger partial charge in [0.15, 0.2) is 0 Å². The highest BCUT2D eigenvalue weighted by molar-refractivity contribution is 4.98. The Hall–Kier alpha value is -0.550. The van der Waals surface area contributed by atoms with Crippen LogP contribution in [0.3, 0.4) is 0 Å². The average Bonchev–Trinajstić information content (AvgIpc) is 2.39. The van der Waals surface area contributed by atoms with Gasteiger partial charge < -0.3 is 0 Å². The quantitative estimate of drug-likeness (QED) is 0.742. The lowest BCUT2D eigenvalue weighted by atomic mass is 9.75. The Morgan fingerprint density at radius 3 is 2.50 bits per heavy atom. The van der Waals surface area contributed by atoms with Gasteiger partial charge in [0.2, 0.25) is 0 Å². The van der Waals surface area contributed by atoms with Crippen LogP contribution in [0, 0.1) is 28.6 Å². The summed E-state index contributed by atoms with van der Waals surface area (Å²) in [6.45, 7) is 9.51. The molecule has 0 N–H and O–H groups in total. The van der Waals surface area contributed by atoms with Crippen LogP contribution in [0.25, 0.3) is 0 Å². The molecule has 2 fully saturated rings. The molecule has 18 heavy (non-hydrogen) atoms. The first-order valence-corrected chi connectivity index (χ1v) is 7.71. The van der Waals surface area contributed by atoms with Crippen LogP contribution in [0.2, 0.25) is 0 Å². The summed E-state index contributed by atoms with van der Waals surface area (Å²) >= 11 is 0. The van der Waals surface area contributed by atoms with Gasteiger partial charge in [0.1, 0.15) is 0 Å². The maximum atomic E-state index is 9.35. The third-order valence-electron chi connectivity index (χ3n) is 5.57. The Labute approximate surface area is 112 Å². The molecule has 3 unspecified atom stereocenters. The highest BCUT2D eigenvalue weighted by Crippen LogP contribution is 2.38. The van der Waals surface area contributed by atoms with Gasteiger partial charge in [-0.2, -0.15) is 5.26 Å². The van der Waals surface area contributed by atoms with Crippen LogP contribution >= 0.6 is 0 Å². The molecule has 2 heteroatoms. The summed E-state index contributed by atoms with van der Waals surface area (Å²) in [7, 11) is 0. The molecule has 2 aliphatic rings. The van der Waals surface area contributed by atoms with Crippen molar-refractivity contribution < 1.29 is 0 Å². The third-order valence-corrected chi connectivity index (χ3v) is 5.57. The highest BCUT2D eigenvalue weighted by Gasteiger charge is 2.37. The van der Waals surface area contributed by atoms with Crippen LogP contribution in [0.15, 0.2) is 0 Å². The van der Waals surface area contributed by atoms with Crippen molar-refractivity contribution >= 4 is 0 Å². The zero-order valence-corrected chi connectivity index (χ0v) is 12.3. The van der Waals surface area contributed by atoms with E-state index in [4.69, 9.17) is 0 Å². The monoisotopic (exact) mass is 248 g/mol. The molecule has 1 aliphatic heterocycles. The molecule has 1 saturated heterocycles. The number of hydrogen-bond donors (Lipinski definition) is 0. The molecule has 0 bridgehead atoms. The van der Waals surface area contributed by atoms with Crippen LogP contribution < -0.4 is 0 Å². The van der Waals surface area contributed by atoms with Gasteiger partial charge >= 0.3 is 0 Å². The summed E-state index contributed by atoms with van der Waals surface area (Å²) in [5.74, 6) is 1.09. The van der Waals surface area contributed by atoms with Crippen molar-refractivity contribution in [2.75, 3.05) is 13.1 Å². The Morgan fingerprint density at radius 1 is 1.28 bits per heavy atom. The zero-order chi connectivity index (χ0) is 13.2. The summed E-state index contributed by atoms with van der Waals surface area (Å²) < 4.78 is 0. The van der Waals surface area contributed by atoms with Gasteiger partial charge in [-0.1, -0.05) is 27.2 Å². The predicted molar refractivity (Wildman–Crippen MR) is 75.1 cm³/mol. The minimum atomic E-state index is 0.284. The summed E-state index contributed by atoms with van der Waals surface area (Å²) in [5, 5.41) is 9.35. The smallest absolute Gasteiger partial charge is 0.0672 e. The molecule has 0 aromatic heterocycles. The first kappa shape index (κ1) is 13.9. The summed E-state index contributed by atoms with van der Waals surface area (Å²) in [6, 6.07) is 3.11. The van der Waals surface area contributed by atoms with Gasteiger partial charge in [0.05, 0.1) is 12.0 Å². The number of piperidine rings is 1. The van der Waals surface area contributed by atoms with E-state index in [1.54, 1.807) is 0 Å². The fourth-order valence-electron chi connectivity index (χ4n) is 3.65. The summed E-state index contributed by atoms with van der Waals surface area (Å²) in [5.41, 5.74) is 0.554. The first-order chi connectivity index (χ1) is 8.58. The van der Waals surface area contributed by atoms with Crippen LogP contribution in [0.4, 0.5) is 0 Å². The van der Waals surface area contributed by atoms with Crippen molar-refractivity contribution in [1.29, 1.82) is 5.26 Å². The second-order valence-corrected chi connectivity index (χ2v) is 6.92. The molecule has 0 aromatic rings. The lowest BCUT2D eigenvalue weighted by molar-refractivity contribution is 0.0408. The van der Waals surface area contributed by atoms with Crippen LogP contribution in [-0.4, -0.2) is 24.0 Å². The van der Waals surface area contributed by atoms with E-state index < -0.39 is 0 Å². The molecule has 1 saturated carbocycles. The number of nitrogens with zero attached hydrogens (tertiary/aromatic N) is 2. The van der Waals surface area contributed by atoms with Crippen LogP contribution in [0.5, 0.6) is 0 Å². The number of likely N-dealkylation sites (tertiary alicyclic amines) is 1. The SMILES string of the molecule is CCC1(C)CCN(C2CC(C)CCC2C#N)CC1. The van der Waals surface area contributed by atoms with E-state index in [9.17, 15) is 5.26 Å². The maximum absolute atomic E-state index is 9.35. The molecule has 1 aliphatic carbocycles. The third kappa shape index (κ3) is 2.88. The topological polar surface area (TPSA) is 27.0 Å². The molecule has 0 radical (unpaired) electrons. The van der Waals surface area contributed by atoms with Crippen molar-refractivity contribution in [3.8, 4) is 6.07 Å². The molecular formula is C16H28N2.